The zero-order valence-electron chi connectivity index (χ0n) is 16.8. The van der Waals surface area contributed by atoms with Gasteiger partial charge in [-0.2, -0.15) is 0 Å². The summed E-state index contributed by atoms with van der Waals surface area (Å²) >= 11 is 0. The first kappa shape index (κ1) is 21.4. The largest absolute Gasteiger partial charge is 0.484 e. The number of hydrogen-bond acceptors (Lipinski definition) is 4. The highest BCUT2D eigenvalue weighted by molar-refractivity contribution is 5.94. The van der Waals surface area contributed by atoms with Gasteiger partial charge in [0, 0.05) is 11.3 Å². The lowest BCUT2D eigenvalue weighted by molar-refractivity contribution is -0.895. The van der Waals surface area contributed by atoms with E-state index in [9.17, 15) is 18.8 Å². The summed E-state index contributed by atoms with van der Waals surface area (Å²) in [7, 11) is 0. The summed E-state index contributed by atoms with van der Waals surface area (Å²) in [6.07, 6.45) is 0. The average molecular weight is 414 g/mol. The first-order valence-corrected chi connectivity index (χ1v) is 9.81. The van der Waals surface area contributed by atoms with Crippen LogP contribution < -0.4 is 15.0 Å². The van der Waals surface area contributed by atoms with Crippen LogP contribution in [0, 0.1) is 5.82 Å². The molecule has 30 heavy (non-hydrogen) atoms. The van der Waals surface area contributed by atoms with Gasteiger partial charge in [0.05, 0.1) is 26.2 Å². The van der Waals surface area contributed by atoms with Gasteiger partial charge in [0.25, 0.3) is 11.8 Å². The van der Waals surface area contributed by atoms with Gasteiger partial charge in [-0.1, -0.05) is 0 Å². The predicted molar refractivity (Wildman–Crippen MR) is 109 cm³/mol. The Hall–Kier alpha value is -3.26. The summed E-state index contributed by atoms with van der Waals surface area (Å²) in [5.41, 5.74) is 1.15. The predicted octanol–water partition coefficient (Wildman–Crippen LogP) is 0.773. The first-order chi connectivity index (χ1) is 14.4. The van der Waals surface area contributed by atoms with E-state index in [2.05, 4.69) is 5.32 Å². The number of anilines is 1. The number of benzene rings is 2. The lowest BCUT2D eigenvalue weighted by atomic mass is 10.1. The maximum Gasteiger partial charge on any atom is 0.279 e. The number of hydrogen-bond donors (Lipinski definition) is 2. The molecule has 1 aliphatic rings. The Morgan fingerprint density at radius 2 is 1.67 bits per heavy atom. The SMILES string of the molecule is CC(=O)c1ccc(OCC(=O)N2CC[NH+](CC(=O)Nc3ccc(F)cc3)CC2)cc1. The molecule has 2 aromatic rings. The fraction of sp³-hybridized carbons (Fsp3) is 0.318. The highest BCUT2D eigenvalue weighted by Gasteiger charge is 2.25. The van der Waals surface area contributed by atoms with Gasteiger partial charge >= 0.3 is 0 Å². The van der Waals surface area contributed by atoms with Crippen LogP contribution in [0.15, 0.2) is 48.5 Å². The molecule has 158 valence electrons. The second-order valence-electron chi connectivity index (χ2n) is 7.23. The quantitative estimate of drug-likeness (QED) is 0.656. The standard InChI is InChI=1S/C22H24FN3O4/c1-16(27)17-2-8-20(9-3-17)30-15-22(29)26-12-10-25(11-13-26)14-21(28)24-19-6-4-18(23)5-7-19/h2-9H,10-15H2,1H3,(H,24,28)/p+1. The summed E-state index contributed by atoms with van der Waals surface area (Å²) in [4.78, 5) is 38.6. The van der Waals surface area contributed by atoms with Crippen LogP contribution in [0.4, 0.5) is 10.1 Å². The topological polar surface area (TPSA) is 80.2 Å². The van der Waals surface area contributed by atoms with E-state index in [4.69, 9.17) is 4.74 Å². The fourth-order valence-electron chi connectivity index (χ4n) is 3.24. The van der Waals surface area contributed by atoms with Crippen molar-refractivity contribution in [2.24, 2.45) is 0 Å². The summed E-state index contributed by atoms with van der Waals surface area (Å²) in [6, 6.07) is 12.3. The second kappa shape index (κ2) is 9.98. The number of nitrogens with zero attached hydrogens (tertiary/aromatic N) is 1. The van der Waals surface area contributed by atoms with Crippen molar-refractivity contribution in [3.05, 3.63) is 59.9 Å². The molecule has 0 aromatic heterocycles. The minimum absolute atomic E-state index is 0.0238. The monoisotopic (exact) mass is 414 g/mol. The number of carbonyl (C=O) groups excluding carboxylic acids is 3. The van der Waals surface area contributed by atoms with Gasteiger partial charge in [0.15, 0.2) is 18.9 Å². The van der Waals surface area contributed by atoms with Crippen molar-refractivity contribution >= 4 is 23.3 Å². The van der Waals surface area contributed by atoms with E-state index < -0.39 is 0 Å². The maximum atomic E-state index is 12.9. The number of rotatable bonds is 7. The van der Waals surface area contributed by atoms with Gasteiger partial charge in [-0.15, -0.1) is 0 Å². The number of ketones is 1. The fourth-order valence-corrected chi connectivity index (χ4v) is 3.24. The third kappa shape index (κ3) is 6.12. The molecule has 0 unspecified atom stereocenters. The van der Waals surface area contributed by atoms with Crippen molar-refractivity contribution < 1.29 is 28.4 Å². The Balaban J connectivity index is 1.38. The minimum atomic E-state index is -0.350. The van der Waals surface area contributed by atoms with Gasteiger partial charge in [-0.05, 0) is 55.5 Å². The number of ether oxygens (including phenoxy) is 1. The van der Waals surface area contributed by atoms with Gasteiger partial charge < -0.3 is 19.9 Å². The number of nitrogens with one attached hydrogen (secondary N) is 2. The summed E-state index contributed by atoms with van der Waals surface area (Å²) in [5.74, 6) is -0.0925. The van der Waals surface area contributed by atoms with Crippen LogP contribution in [0.1, 0.15) is 17.3 Å². The van der Waals surface area contributed by atoms with Gasteiger partial charge in [0.1, 0.15) is 11.6 Å². The van der Waals surface area contributed by atoms with Crippen LogP contribution in [-0.4, -0.2) is 61.8 Å². The van der Waals surface area contributed by atoms with E-state index in [0.29, 0.717) is 49.7 Å². The normalized spacial score (nSPS) is 14.3. The number of halogens is 1. The molecule has 0 radical (unpaired) electrons. The Morgan fingerprint density at radius 1 is 1.03 bits per heavy atom. The molecule has 2 aromatic carbocycles. The average Bonchev–Trinajstić information content (AvgIpc) is 2.74. The van der Waals surface area contributed by atoms with Crippen LogP contribution in [0.2, 0.25) is 0 Å². The van der Waals surface area contributed by atoms with Crippen LogP contribution in [0.25, 0.3) is 0 Å². The first-order valence-electron chi connectivity index (χ1n) is 9.81. The molecule has 1 heterocycles. The Labute approximate surface area is 174 Å². The molecule has 8 heteroatoms. The molecule has 1 fully saturated rings. The zero-order valence-corrected chi connectivity index (χ0v) is 16.8. The molecule has 0 atom stereocenters. The van der Waals surface area contributed by atoms with E-state index in [0.717, 1.165) is 4.90 Å². The number of amides is 2. The lowest BCUT2D eigenvalue weighted by Crippen LogP contribution is -3.15. The summed E-state index contributed by atoms with van der Waals surface area (Å²) < 4.78 is 18.4. The molecule has 1 aliphatic heterocycles. The Bertz CT molecular complexity index is 892. The Kier molecular flexibility index (Phi) is 7.13. The van der Waals surface area contributed by atoms with E-state index in [1.165, 1.54) is 31.2 Å². The molecule has 1 saturated heterocycles. The third-order valence-corrected chi connectivity index (χ3v) is 4.98. The molecule has 2 N–H and O–H groups in total. The lowest BCUT2D eigenvalue weighted by Gasteiger charge is -2.31. The van der Waals surface area contributed by atoms with Crippen LogP contribution in [-0.2, 0) is 9.59 Å². The van der Waals surface area contributed by atoms with Crippen molar-refractivity contribution in [2.45, 2.75) is 6.92 Å². The third-order valence-electron chi connectivity index (χ3n) is 4.98. The summed E-state index contributed by atoms with van der Waals surface area (Å²) in [6.45, 7) is 4.13. The van der Waals surface area contributed by atoms with Crippen molar-refractivity contribution in [1.29, 1.82) is 0 Å². The zero-order chi connectivity index (χ0) is 21.5. The maximum absolute atomic E-state index is 12.9. The second-order valence-corrected chi connectivity index (χ2v) is 7.23. The molecule has 3 rings (SSSR count). The van der Waals surface area contributed by atoms with Crippen molar-refractivity contribution in [1.82, 2.24) is 4.90 Å². The molecule has 7 nitrogen and oxygen atoms in total. The van der Waals surface area contributed by atoms with Crippen LogP contribution >= 0.6 is 0 Å². The number of piperazine rings is 1. The number of Topliss-reactive ketones (excluding diaryl/α,β-unsaturated/α-hetero) is 1. The van der Waals surface area contributed by atoms with E-state index in [-0.39, 0.29) is 30.0 Å². The molecule has 2 amide bonds. The highest BCUT2D eigenvalue weighted by atomic mass is 19.1. The molecule has 0 bridgehead atoms. The van der Waals surface area contributed by atoms with Crippen molar-refractivity contribution in [3.8, 4) is 5.75 Å². The molecule has 0 saturated carbocycles. The van der Waals surface area contributed by atoms with E-state index in [1.807, 2.05) is 0 Å². The van der Waals surface area contributed by atoms with E-state index >= 15 is 0 Å². The number of carbonyl (C=O) groups is 3. The van der Waals surface area contributed by atoms with Gasteiger partial charge in [-0.25, -0.2) is 4.39 Å². The molecule has 0 aliphatic carbocycles. The highest BCUT2D eigenvalue weighted by Crippen LogP contribution is 2.13. The molecular formula is C22H25FN3O4+. The van der Waals surface area contributed by atoms with Gasteiger partial charge in [-0.3, -0.25) is 14.4 Å². The smallest absolute Gasteiger partial charge is 0.279 e. The van der Waals surface area contributed by atoms with Crippen LogP contribution in [0.5, 0.6) is 5.75 Å². The minimum Gasteiger partial charge on any atom is -0.484 e. The van der Waals surface area contributed by atoms with Crippen LogP contribution in [0.3, 0.4) is 0 Å². The van der Waals surface area contributed by atoms with Gasteiger partial charge in [0.2, 0.25) is 0 Å². The van der Waals surface area contributed by atoms with Crippen molar-refractivity contribution in [3.63, 3.8) is 0 Å². The molecule has 0 spiro atoms. The van der Waals surface area contributed by atoms with Crippen molar-refractivity contribution in [2.75, 3.05) is 44.6 Å². The summed E-state index contributed by atoms with van der Waals surface area (Å²) in [5, 5.41) is 2.75. The Morgan fingerprint density at radius 3 is 2.27 bits per heavy atom. The molecular weight excluding hydrogens is 389 g/mol. The van der Waals surface area contributed by atoms with E-state index in [1.54, 1.807) is 29.2 Å². The number of quaternary nitrogens is 1.